The highest BCUT2D eigenvalue weighted by Crippen LogP contribution is 2.15. The molecular formula is C11H11FN4O. The van der Waals surface area contributed by atoms with Gasteiger partial charge < -0.3 is 11.1 Å². The number of halogens is 1. The van der Waals surface area contributed by atoms with E-state index in [-0.39, 0.29) is 23.1 Å². The normalized spacial score (nSPS) is 10.2. The SMILES string of the molecule is Cc1cc(NC(=O)c2cn[nH]c2N)ccc1F. The molecule has 0 saturated heterocycles. The third-order valence-electron chi connectivity index (χ3n) is 2.33. The van der Waals surface area contributed by atoms with Crippen LogP contribution in [0, 0.1) is 12.7 Å². The summed E-state index contributed by atoms with van der Waals surface area (Å²) < 4.78 is 13.0. The Hall–Kier alpha value is -2.37. The summed E-state index contributed by atoms with van der Waals surface area (Å²) in [5.74, 6) is -0.505. The minimum Gasteiger partial charge on any atom is -0.383 e. The van der Waals surface area contributed by atoms with E-state index in [1.165, 1.54) is 18.3 Å². The molecule has 17 heavy (non-hydrogen) atoms. The van der Waals surface area contributed by atoms with E-state index in [1.807, 2.05) is 0 Å². The number of hydrogen-bond acceptors (Lipinski definition) is 3. The first-order valence-electron chi connectivity index (χ1n) is 4.94. The fraction of sp³-hybridized carbons (Fsp3) is 0.0909. The van der Waals surface area contributed by atoms with Gasteiger partial charge in [-0.2, -0.15) is 5.10 Å². The lowest BCUT2D eigenvalue weighted by Gasteiger charge is -2.05. The molecule has 6 heteroatoms. The van der Waals surface area contributed by atoms with Crippen molar-refractivity contribution in [1.29, 1.82) is 0 Å². The highest BCUT2D eigenvalue weighted by atomic mass is 19.1. The third-order valence-corrected chi connectivity index (χ3v) is 2.33. The molecule has 0 aliphatic carbocycles. The Balaban J connectivity index is 2.19. The molecule has 0 spiro atoms. The number of nitrogens with one attached hydrogen (secondary N) is 2. The maximum Gasteiger partial charge on any atom is 0.261 e. The number of rotatable bonds is 2. The van der Waals surface area contributed by atoms with Gasteiger partial charge in [-0.15, -0.1) is 0 Å². The molecule has 0 aliphatic heterocycles. The molecule has 0 fully saturated rings. The minimum atomic E-state index is -0.387. The second-order valence-corrected chi connectivity index (χ2v) is 3.62. The molecule has 1 amide bonds. The molecule has 0 aliphatic rings. The third kappa shape index (κ3) is 2.25. The van der Waals surface area contributed by atoms with Crippen LogP contribution in [0.25, 0.3) is 0 Å². The number of aryl methyl sites for hydroxylation is 1. The highest BCUT2D eigenvalue weighted by molar-refractivity contribution is 6.07. The fourth-order valence-electron chi connectivity index (χ4n) is 1.40. The van der Waals surface area contributed by atoms with Crippen LogP contribution >= 0.6 is 0 Å². The summed E-state index contributed by atoms with van der Waals surface area (Å²) in [5.41, 5.74) is 6.74. The van der Waals surface area contributed by atoms with Crippen LogP contribution in [0.1, 0.15) is 15.9 Å². The molecule has 5 nitrogen and oxygen atoms in total. The van der Waals surface area contributed by atoms with Gasteiger partial charge in [-0.3, -0.25) is 9.89 Å². The molecule has 1 heterocycles. The molecule has 88 valence electrons. The first-order chi connectivity index (χ1) is 8.08. The number of amides is 1. The standard InChI is InChI=1S/C11H11FN4O/c1-6-4-7(2-3-9(6)12)15-11(17)8-5-14-16-10(8)13/h2-5H,1H3,(H,15,17)(H3,13,14,16). The lowest BCUT2D eigenvalue weighted by Crippen LogP contribution is -2.13. The molecule has 1 aromatic carbocycles. The van der Waals surface area contributed by atoms with Crippen molar-refractivity contribution in [2.24, 2.45) is 0 Å². The van der Waals surface area contributed by atoms with Crippen molar-refractivity contribution in [3.63, 3.8) is 0 Å². The van der Waals surface area contributed by atoms with Crippen LogP contribution < -0.4 is 11.1 Å². The molecule has 2 aromatic rings. The summed E-state index contributed by atoms with van der Waals surface area (Å²) in [6.45, 7) is 1.62. The van der Waals surface area contributed by atoms with E-state index >= 15 is 0 Å². The largest absolute Gasteiger partial charge is 0.383 e. The Morgan fingerprint density at radius 3 is 2.88 bits per heavy atom. The number of carbonyl (C=O) groups excluding carboxylic acids is 1. The highest BCUT2D eigenvalue weighted by Gasteiger charge is 2.12. The summed E-state index contributed by atoms with van der Waals surface area (Å²) in [6, 6.07) is 4.32. The van der Waals surface area contributed by atoms with Crippen LogP contribution in [0.15, 0.2) is 24.4 Å². The summed E-state index contributed by atoms with van der Waals surface area (Å²) in [6.07, 6.45) is 1.33. The van der Waals surface area contributed by atoms with Crippen molar-refractivity contribution in [3.05, 3.63) is 41.3 Å². The zero-order valence-electron chi connectivity index (χ0n) is 9.12. The lowest BCUT2D eigenvalue weighted by atomic mass is 10.2. The van der Waals surface area contributed by atoms with Crippen LogP contribution in [-0.4, -0.2) is 16.1 Å². The van der Waals surface area contributed by atoms with Crippen molar-refractivity contribution in [2.75, 3.05) is 11.1 Å². The van der Waals surface area contributed by atoms with Crippen LogP contribution in [0.3, 0.4) is 0 Å². The van der Waals surface area contributed by atoms with Crippen molar-refractivity contribution >= 4 is 17.4 Å². The topological polar surface area (TPSA) is 83.8 Å². The number of carbonyl (C=O) groups is 1. The van der Waals surface area contributed by atoms with Crippen molar-refractivity contribution in [2.45, 2.75) is 6.92 Å². The van der Waals surface area contributed by atoms with Gasteiger partial charge in [-0.25, -0.2) is 4.39 Å². The van der Waals surface area contributed by atoms with Crippen LogP contribution in [0.5, 0.6) is 0 Å². The zero-order chi connectivity index (χ0) is 12.4. The Morgan fingerprint density at radius 2 is 2.29 bits per heavy atom. The van der Waals surface area contributed by atoms with Gasteiger partial charge in [0, 0.05) is 5.69 Å². The molecule has 0 unspecified atom stereocenters. The Bertz CT molecular complexity index is 564. The van der Waals surface area contributed by atoms with E-state index in [1.54, 1.807) is 13.0 Å². The molecule has 0 bridgehead atoms. The second kappa shape index (κ2) is 4.25. The Labute approximate surface area is 96.8 Å². The minimum absolute atomic E-state index is 0.196. The average Bonchev–Trinajstić information content (AvgIpc) is 2.70. The van der Waals surface area contributed by atoms with Gasteiger partial charge in [0.1, 0.15) is 17.2 Å². The smallest absolute Gasteiger partial charge is 0.261 e. The first-order valence-corrected chi connectivity index (χ1v) is 4.94. The first kappa shape index (κ1) is 11.1. The van der Waals surface area contributed by atoms with E-state index in [4.69, 9.17) is 5.73 Å². The Morgan fingerprint density at radius 1 is 1.53 bits per heavy atom. The van der Waals surface area contributed by atoms with Crippen molar-refractivity contribution < 1.29 is 9.18 Å². The molecule has 2 rings (SSSR count). The molecule has 1 aromatic heterocycles. The molecule has 4 N–H and O–H groups in total. The molecule has 0 atom stereocenters. The number of aromatic nitrogens is 2. The fourth-order valence-corrected chi connectivity index (χ4v) is 1.40. The summed E-state index contributed by atoms with van der Waals surface area (Å²) >= 11 is 0. The van der Waals surface area contributed by atoms with Crippen molar-refractivity contribution in [3.8, 4) is 0 Å². The van der Waals surface area contributed by atoms with Gasteiger partial charge >= 0.3 is 0 Å². The maximum atomic E-state index is 13.0. The van der Waals surface area contributed by atoms with Crippen LogP contribution in [0.4, 0.5) is 15.9 Å². The van der Waals surface area contributed by atoms with Crippen molar-refractivity contribution in [1.82, 2.24) is 10.2 Å². The predicted octanol–water partition coefficient (Wildman–Crippen LogP) is 1.69. The maximum absolute atomic E-state index is 13.0. The lowest BCUT2D eigenvalue weighted by molar-refractivity contribution is 0.102. The summed E-state index contributed by atoms with van der Waals surface area (Å²) in [4.78, 5) is 11.7. The summed E-state index contributed by atoms with van der Waals surface area (Å²) in [7, 11) is 0. The number of hydrogen-bond donors (Lipinski definition) is 3. The van der Waals surface area contributed by atoms with Crippen LogP contribution in [-0.2, 0) is 0 Å². The van der Waals surface area contributed by atoms with Gasteiger partial charge in [0.2, 0.25) is 0 Å². The van der Waals surface area contributed by atoms with Gasteiger partial charge in [0.25, 0.3) is 5.91 Å². The molecule has 0 saturated carbocycles. The van der Waals surface area contributed by atoms with E-state index in [0.29, 0.717) is 11.3 Å². The average molecular weight is 234 g/mol. The number of anilines is 2. The number of nitrogen functional groups attached to an aromatic ring is 1. The van der Waals surface area contributed by atoms with Gasteiger partial charge in [0.15, 0.2) is 0 Å². The Kier molecular flexibility index (Phi) is 2.78. The van der Waals surface area contributed by atoms with Gasteiger partial charge in [0.05, 0.1) is 6.20 Å². The van der Waals surface area contributed by atoms with E-state index in [0.717, 1.165) is 0 Å². The van der Waals surface area contributed by atoms with E-state index in [9.17, 15) is 9.18 Å². The van der Waals surface area contributed by atoms with Gasteiger partial charge in [-0.1, -0.05) is 0 Å². The van der Waals surface area contributed by atoms with Gasteiger partial charge in [-0.05, 0) is 30.7 Å². The number of nitrogens with two attached hydrogens (primary N) is 1. The van der Waals surface area contributed by atoms with E-state index < -0.39 is 0 Å². The second-order valence-electron chi connectivity index (χ2n) is 3.62. The van der Waals surface area contributed by atoms with E-state index in [2.05, 4.69) is 15.5 Å². The van der Waals surface area contributed by atoms with Crippen LogP contribution in [0.2, 0.25) is 0 Å². The molecule has 0 radical (unpaired) electrons. The molecular weight excluding hydrogens is 223 g/mol. The number of aromatic amines is 1. The number of benzene rings is 1. The monoisotopic (exact) mass is 234 g/mol. The zero-order valence-corrected chi connectivity index (χ0v) is 9.12. The predicted molar refractivity (Wildman–Crippen MR) is 62.1 cm³/mol. The number of nitrogens with zero attached hydrogens (tertiary/aromatic N) is 1. The quantitative estimate of drug-likeness (QED) is 0.739. The number of H-pyrrole nitrogens is 1. The summed E-state index contributed by atoms with van der Waals surface area (Å²) in [5, 5.41) is 8.72.